The smallest absolute Gasteiger partial charge is 0.243 e. The Labute approximate surface area is 145 Å². The van der Waals surface area contributed by atoms with Crippen molar-refractivity contribution in [3.63, 3.8) is 0 Å². The number of carbonyl (C=O) groups is 1. The maximum absolute atomic E-state index is 11.2. The van der Waals surface area contributed by atoms with Gasteiger partial charge in [-0.05, 0) is 48.6 Å². The fraction of sp³-hybridized carbons (Fsp3) is 0.263. The van der Waals surface area contributed by atoms with Crippen LogP contribution in [0, 0.1) is 0 Å². The van der Waals surface area contributed by atoms with Crippen LogP contribution in [0.3, 0.4) is 0 Å². The van der Waals surface area contributed by atoms with Crippen LogP contribution < -0.4 is 5.48 Å². The molecule has 0 spiro atoms. The average Bonchev–Trinajstić information content (AvgIpc) is 3.09. The van der Waals surface area contributed by atoms with Gasteiger partial charge in [0.25, 0.3) is 0 Å². The van der Waals surface area contributed by atoms with Crippen molar-refractivity contribution >= 4 is 17.0 Å². The van der Waals surface area contributed by atoms with Gasteiger partial charge in [-0.15, -0.1) is 0 Å². The molecule has 0 saturated heterocycles. The first-order chi connectivity index (χ1) is 12.2. The van der Waals surface area contributed by atoms with Gasteiger partial charge in [0.2, 0.25) is 11.8 Å². The molecule has 0 fully saturated rings. The second kappa shape index (κ2) is 7.92. The molecule has 1 aromatic heterocycles. The third kappa shape index (κ3) is 4.04. The van der Waals surface area contributed by atoms with E-state index in [-0.39, 0.29) is 18.9 Å². The van der Waals surface area contributed by atoms with Gasteiger partial charge < -0.3 is 9.52 Å². The number of amides is 1. The van der Waals surface area contributed by atoms with Crippen LogP contribution in [0.5, 0.6) is 0 Å². The van der Waals surface area contributed by atoms with Gasteiger partial charge in [0.05, 0.1) is 0 Å². The number of hydroxylamine groups is 1. The summed E-state index contributed by atoms with van der Waals surface area (Å²) in [6.45, 7) is 0.0400. The third-order valence-corrected chi connectivity index (χ3v) is 4.25. The minimum absolute atomic E-state index is 0.0400. The molecule has 6 nitrogen and oxygen atoms in total. The van der Waals surface area contributed by atoms with Crippen molar-refractivity contribution in [1.82, 2.24) is 10.5 Å². The summed E-state index contributed by atoms with van der Waals surface area (Å²) >= 11 is 0. The van der Waals surface area contributed by atoms with Crippen molar-refractivity contribution in [2.45, 2.75) is 25.2 Å². The lowest BCUT2D eigenvalue weighted by Gasteiger charge is -2.16. The van der Waals surface area contributed by atoms with Crippen molar-refractivity contribution in [2.24, 2.45) is 0 Å². The van der Waals surface area contributed by atoms with Crippen LogP contribution in [0.4, 0.5) is 0 Å². The fourth-order valence-corrected chi connectivity index (χ4v) is 2.89. The van der Waals surface area contributed by atoms with Crippen molar-refractivity contribution in [3.8, 4) is 11.5 Å². The summed E-state index contributed by atoms with van der Waals surface area (Å²) in [4.78, 5) is 15.7. The highest BCUT2D eigenvalue weighted by Gasteiger charge is 2.14. The number of benzene rings is 2. The number of para-hydroxylation sites is 2. The molecular weight excluding hydrogens is 320 g/mol. The van der Waals surface area contributed by atoms with Crippen LogP contribution in [0.1, 0.15) is 30.7 Å². The van der Waals surface area contributed by atoms with Crippen molar-refractivity contribution in [3.05, 3.63) is 54.1 Å². The largest absolute Gasteiger partial charge is 0.436 e. The molecule has 0 aliphatic rings. The van der Waals surface area contributed by atoms with Gasteiger partial charge in [0.15, 0.2) is 5.58 Å². The second-order valence-electron chi connectivity index (χ2n) is 5.89. The standard InChI is InChI=1S/C19H20N2O4/c22-12-11-14(9-10-18(23)21-24)13-5-7-15(8-6-13)19-20-16-3-1-2-4-17(16)25-19/h1-8,14,22,24H,9-12H2,(H,21,23)/t14-/m0/s1. The summed E-state index contributed by atoms with van der Waals surface area (Å²) in [5.41, 5.74) is 5.09. The Balaban J connectivity index is 1.78. The molecule has 3 aromatic rings. The van der Waals surface area contributed by atoms with Crippen LogP contribution in [0.15, 0.2) is 52.9 Å². The van der Waals surface area contributed by atoms with Gasteiger partial charge in [-0.1, -0.05) is 24.3 Å². The van der Waals surface area contributed by atoms with E-state index in [1.807, 2.05) is 48.5 Å². The van der Waals surface area contributed by atoms with Gasteiger partial charge in [-0.3, -0.25) is 10.0 Å². The third-order valence-electron chi connectivity index (χ3n) is 4.25. The minimum atomic E-state index is -0.425. The monoisotopic (exact) mass is 340 g/mol. The SMILES string of the molecule is O=C(CC[C@@H](CCO)c1ccc(-c2nc3ccccc3o2)cc1)NO. The summed E-state index contributed by atoms with van der Waals surface area (Å²) in [5.74, 6) is 0.178. The number of oxazole rings is 1. The van der Waals surface area contributed by atoms with Crippen LogP contribution >= 0.6 is 0 Å². The number of fused-ring (bicyclic) bond motifs is 1. The Kier molecular flexibility index (Phi) is 5.42. The van der Waals surface area contributed by atoms with E-state index in [1.165, 1.54) is 0 Å². The number of hydrogen-bond donors (Lipinski definition) is 3. The Hall–Kier alpha value is -2.70. The number of aliphatic hydroxyl groups excluding tert-OH is 1. The Morgan fingerprint density at radius 2 is 1.88 bits per heavy atom. The molecule has 1 amide bonds. The van der Waals surface area contributed by atoms with E-state index >= 15 is 0 Å². The molecule has 0 unspecified atom stereocenters. The highest BCUT2D eigenvalue weighted by atomic mass is 16.5. The predicted octanol–water partition coefficient (Wildman–Crippen LogP) is 3.25. The van der Waals surface area contributed by atoms with Crippen LogP contribution in [-0.4, -0.2) is 27.8 Å². The molecule has 1 atom stereocenters. The number of nitrogens with zero attached hydrogens (tertiary/aromatic N) is 1. The van der Waals surface area contributed by atoms with E-state index in [0.29, 0.717) is 18.7 Å². The number of aromatic nitrogens is 1. The number of hydrogen-bond acceptors (Lipinski definition) is 5. The molecular formula is C19H20N2O4. The molecule has 0 radical (unpaired) electrons. The second-order valence-corrected chi connectivity index (χ2v) is 5.89. The first-order valence-corrected chi connectivity index (χ1v) is 8.21. The summed E-state index contributed by atoms with van der Waals surface area (Å²) in [6, 6.07) is 15.4. The van der Waals surface area contributed by atoms with Gasteiger partial charge in [0, 0.05) is 18.6 Å². The van der Waals surface area contributed by atoms with E-state index in [1.54, 1.807) is 5.48 Å². The van der Waals surface area contributed by atoms with Crippen LogP contribution in [0.2, 0.25) is 0 Å². The molecule has 6 heteroatoms. The Bertz CT molecular complexity index is 809. The van der Waals surface area contributed by atoms with E-state index in [2.05, 4.69) is 4.98 Å². The van der Waals surface area contributed by atoms with Gasteiger partial charge in [-0.25, -0.2) is 10.5 Å². The minimum Gasteiger partial charge on any atom is -0.436 e. The summed E-state index contributed by atoms with van der Waals surface area (Å²) in [6.07, 6.45) is 1.31. The summed E-state index contributed by atoms with van der Waals surface area (Å²) < 4.78 is 5.76. The molecule has 130 valence electrons. The average molecular weight is 340 g/mol. The lowest BCUT2D eigenvalue weighted by atomic mass is 9.91. The molecule has 0 aliphatic carbocycles. The highest BCUT2D eigenvalue weighted by molar-refractivity contribution is 5.76. The van der Waals surface area contributed by atoms with Gasteiger partial charge >= 0.3 is 0 Å². The Morgan fingerprint density at radius 3 is 2.56 bits per heavy atom. The number of carbonyl (C=O) groups excluding carboxylic acids is 1. The van der Waals surface area contributed by atoms with Crippen LogP contribution in [0.25, 0.3) is 22.6 Å². The normalized spacial score (nSPS) is 12.2. The molecule has 0 aliphatic heterocycles. The topological polar surface area (TPSA) is 95.6 Å². The first kappa shape index (κ1) is 17.1. The fourth-order valence-electron chi connectivity index (χ4n) is 2.89. The molecule has 0 saturated carbocycles. The summed E-state index contributed by atoms with van der Waals surface area (Å²) in [7, 11) is 0. The Morgan fingerprint density at radius 1 is 1.12 bits per heavy atom. The molecule has 3 rings (SSSR count). The van der Waals surface area contributed by atoms with Crippen molar-refractivity contribution in [1.29, 1.82) is 0 Å². The predicted molar refractivity (Wildman–Crippen MR) is 93.1 cm³/mol. The first-order valence-electron chi connectivity index (χ1n) is 8.21. The molecule has 2 aromatic carbocycles. The van der Waals surface area contributed by atoms with E-state index < -0.39 is 5.91 Å². The maximum atomic E-state index is 11.2. The zero-order valence-electron chi connectivity index (χ0n) is 13.7. The number of rotatable bonds is 7. The van der Waals surface area contributed by atoms with E-state index in [0.717, 1.165) is 22.2 Å². The van der Waals surface area contributed by atoms with Gasteiger partial charge in [0.1, 0.15) is 5.52 Å². The number of nitrogens with one attached hydrogen (secondary N) is 1. The van der Waals surface area contributed by atoms with Crippen molar-refractivity contribution in [2.75, 3.05) is 6.61 Å². The van der Waals surface area contributed by atoms with E-state index in [9.17, 15) is 9.90 Å². The van der Waals surface area contributed by atoms with E-state index in [4.69, 9.17) is 9.62 Å². The maximum Gasteiger partial charge on any atom is 0.243 e. The zero-order valence-corrected chi connectivity index (χ0v) is 13.7. The molecule has 1 heterocycles. The number of aliphatic hydroxyl groups is 1. The summed E-state index contributed by atoms with van der Waals surface area (Å²) in [5, 5.41) is 17.9. The highest BCUT2D eigenvalue weighted by Crippen LogP contribution is 2.29. The lowest BCUT2D eigenvalue weighted by Crippen LogP contribution is -2.19. The zero-order chi connectivity index (χ0) is 17.6. The quantitative estimate of drug-likeness (QED) is 0.453. The van der Waals surface area contributed by atoms with Crippen LogP contribution in [-0.2, 0) is 4.79 Å². The molecule has 25 heavy (non-hydrogen) atoms. The molecule has 3 N–H and O–H groups in total. The lowest BCUT2D eigenvalue weighted by molar-refractivity contribution is -0.129. The van der Waals surface area contributed by atoms with Crippen molar-refractivity contribution < 1.29 is 19.5 Å². The van der Waals surface area contributed by atoms with Gasteiger partial charge in [-0.2, -0.15) is 0 Å². The molecule has 0 bridgehead atoms.